The van der Waals surface area contributed by atoms with Gasteiger partial charge < -0.3 is 15.2 Å². The molecule has 26 heavy (non-hydrogen) atoms. The van der Waals surface area contributed by atoms with E-state index < -0.39 is 0 Å². The maximum absolute atomic E-state index is 4.66. The SMILES string of the molecule is CCCCCCN=C(NCC)NCCc1nccn1Cc1ccccc1. The Hall–Kier alpha value is -2.30. The predicted octanol–water partition coefficient (Wildman–Crippen LogP) is 3.61. The summed E-state index contributed by atoms with van der Waals surface area (Å²) in [5.41, 5.74) is 1.29. The molecule has 1 aromatic carbocycles. The highest BCUT2D eigenvalue weighted by atomic mass is 15.2. The normalized spacial score (nSPS) is 11.5. The summed E-state index contributed by atoms with van der Waals surface area (Å²) in [4.78, 5) is 9.18. The Kier molecular flexibility index (Phi) is 9.33. The van der Waals surface area contributed by atoms with E-state index in [1.165, 1.54) is 24.8 Å². The van der Waals surface area contributed by atoms with Gasteiger partial charge in [0.05, 0.1) is 0 Å². The van der Waals surface area contributed by atoms with Gasteiger partial charge in [0, 0.05) is 45.0 Å². The maximum Gasteiger partial charge on any atom is 0.191 e. The molecule has 0 atom stereocenters. The Morgan fingerprint density at radius 2 is 1.92 bits per heavy atom. The highest BCUT2D eigenvalue weighted by Gasteiger charge is 2.04. The third kappa shape index (κ3) is 7.30. The number of aromatic nitrogens is 2. The minimum absolute atomic E-state index is 0.826. The molecule has 0 radical (unpaired) electrons. The Morgan fingerprint density at radius 3 is 2.69 bits per heavy atom. The maximum atomic E-state index is 4.66. The minimum atomic E-state index is 0.826. The summed E-state index contributed by atoms with van der Waals surface area (Å²) < 4.78 is 2.21. The van der Waals surface area contributed by atoms with Crippen LogP contribution < -0.4 is 10.6 Å². The van der Waals surface area contributed by atoms with Gasteiger partial charge in [0.15, 0.2) is 5.96 Å². The Balaban J connectivity index is 1.80. The first-order valence-corrected chi connectivity index (χ1v) is 9.89. The molecule has 1 heterocycles. The van der Waals surface area contributed by atoms with Crippen molar-refractivity contribution in [2.45, 2.75) is 52.5 Å². The summed E-state index contributed by atoms with van der Waals surface area (Å²) in [6, 6.07) is 10.5. The van der Waals surface area contributed by atoms with Crippen LogP contribution in [-0.4, -0.2) is 35.1 Å². The molecule has 0 bridgehead atoms. The number of aliphatic imine (C=N–C) groups is 1. The van der Waals surface area contributed by atoms with Gasteiger partial charge in [-0.05, 0) is 18.9 Å². The molecule has 0 unspecified atom stereocenters. The van der Waals surface area contributed by atoms with Crippen LogP contribution in [0, 0.1) is 0 Å². The van der Waals surface area contributed by atoms with Crippen LogP contribution in [0.25, 0.3) is 0 Å². The standard InChI is InChI=1S/C21H33N5/c1-3-5-6-10-14-24-21(22-4-2)25-15-13-20-23-16-17-26(20)18-19-11-8-7-9-12-19/h7-9,11-12,16-17H,3-6,10,13-15,18H2,1-2H3,(H2,22,24,25). The van der Waals surface area contributed by atoms with Gasteiger partial charge in [-0.3, -0.25) is 4.99 Å². The smallest absolute Gasteiger partial charge is 0.191 e. The van der Waals surface area contributed by atoms with Crippen molar-refractivity contribution in [2.24, 2.45) is 4.99 Å². The summed E-state index contributed by atoms with van der Waals surface area (Å²) >= 11 is 0. The van der Waals surface area contributed by atoms with E-state index in [1.54, 1.807) is 0 Å². The van der Waals surface area contributed by atoms with Crippen molar-refractivity contribution in [2.75, 3.05) is 19.6 Å². The van der Waals surface area contributed by atoms with Crippen LogP contribution in [0.4, 0.5) is 0 Å². The quantitative estimate of drug-likeness (QED) is 0.368. The largest absolute Gasteiger partial charge is 0.357 e. The minimum Gasteiger partial charge on any atom is -0.357 e. The molecule has 5 heteroatoms. The van der Waals surface area contributed by atoms with Gasteiger partial charge >= 0.3 is 0 Å². The zero-order valence-corrected chi connectivity index (χ0v) is 16.2. The number of benzene rings is 1. The van der Waals surface area contributed by atoms with Gasteiger partial charge in [-0.2, -0.15) is 0 Å². The summed E-state index contributed by atoms with van der Waals surface area (Å²) in [6.07, 6.45) is 9.78. The fourth-order valence-electron chi connectivity index (χ4n) is 2.86. The molecule has 0 saturated carbocycles. The van der Waals surface area contributed by atoms with Gasteiger partial charge in [-0.15, -0.1) is 0 Å². The predicted molar refractivity (Wildman–Crippen MR) is 110 cm³/mol. The molecule has 2 aromatic rings. The fourth-order valence-corrected chi connectivity index (χ4v) is 2.86. The van der Waals surface area contributed by atoms with Crippen molar-refractivity contribution in [3.05, 3.63) is 54.1 Å². The Morgan fingerprint density at radius 1 is 1.08 bits per heavy atom. The molecule has 2 N–H and O–H groups in total. The zero-order valence-electron chi connectivity index (χ0n) is 16.2. The van der Waals surface area contributed by atoms with E-state index in [0.29, 0.717) is 0 Å². The molecule has 0 aliphatic heterocycles. The average Bonchev–Trinajstić information content (AvgIpc) is 3.09. The average molecular weight is 356 g/mol. The molecule has 5 nitrogen and oxygen atoms in total. The van der Waals surface area contributed by atoms with E-state index in [9.17, 15) is 0 Å². The van der Waals surface area contributed by atoms with Crippen molar-refractivity contribution in [1.82, 2.24) is 20.2 Å². The van der Waals surface area contributed by atoms with Crippen LogP contribution in [0.5, 0.6) is 0 Å². The lowest BCUT2D eigenvalue weighted by molar-refractivity contribution is 0.667. The molecule has 0 aliphatic carbocycles. The Bertz CT molecular complexity index is 633. The van der Waals surface area contributed by atoms with E-state index >= 15 is 0 Å². The molecule has 0 saturated heterocycles. The molecular weight excluding hydrogens is 322 g/mol. The van der Waals surface area contributed by atoms with Crippen LogP contribution in [0.3, 0.4) is 0 Å². The number of nitrogens with one attached hydrogen (secondary N) is 2. The number of imidazole rings is 1. The number of unbranched alkanes of at least 4 members (excludes halogenated alkanes) is 3. The lowest BCUT2D eigenvalue weighted by Gasteiger charge is -2.12. The van der Waals surface area contributed by atoms with E-state index in [4.69, 9.17) is 0 Å². The molecule has 0 aliphatic rings. The van der Waals surface area contributed by atoms with Crippen LogP contribution in [0.1, 0.15) is 50.9 Å². The van der Waals surface area contributed by atoms with Crippen LogP contribution in [0.2, 0.25) is 0 Å². The van der Waals surface area contributed by atoms with Gasteiger partial charge in [0.1, 0.15) is 5.82 Å². The van der Waals surface area contributed by atoms with Crippen molar-refractivity contribution >= 4 is 5.96 Å². The first-order chi connectivity index (χ1) is 12.8. The topological polar surface area (TPSA) is 54.2 Å². The first-order valence-electron chi connectivity index (χ1n) is 9.89. The molecule has 0 spiro atoms. The van der Waals surface area contributed by atoms with Crippen LogP contribution in [0.15, 0.2) is 47.7 Å². The Labute approximate surface area is 158 Å². The molecule has 0 amide bonds. The molecule has 0 fully saturated rings. The molecule has 142 valence electrons. The molecular formula is C21H33N5. The van der Waals surface area contributed by atoms with Gasteiger partial charge in [0.2, 0.25) is 0 Å². The second-order valence-electron chi connectivity index (χ2n) is 6.46. The number of guanidine groups is 1. The summed E-state index contributed by atoms with van der Waals surface area (Å²) in [5.74, 6) is 2.00. The molecule has 1 aromatic heterocycles. The van der Waals surface area contributed by atoms with E-state index in [1.807, 2.05) is 12.3 Å². The lowest BCUT2D eigenvalue weighted by atomic mass is 10.2. The summed E-state index contributed by atoms with van der Waals surface area (Å²) in [7, 11) is 0. The number of nitrogens with zero attached hydrogens (tertiary/aromatic N) is 3. The fraction of sp³-hybridized carbons (Fsp3) is 0.524. The third-order valence-corrected chi connectivity index (χ3v) is 4.26. The number of hydrogen-bond acceptors (Lipinski definition) is 2. The number of rotatable bonds is 11. The van der Waals surface area contributed by atoms with Crippen LogP contribution in [-0.2, 0) is 13.0 Å². The van der Waals surface area contributed by atoms with E-state index in [-0.39, 0.29) is 0 Å². The van der Waals surface area contributed by atoms with Crippen LogP contribution >= 0.6 is 0 Å². The van der Waals surface area contributed by atoms with Crippen molar-refractivity contribution < 1.29 is 0 Å². The van der Waals surface area contributed by atoms with E-state index in [0.717, 1.165) is 50.8 Å². The first kappa shape index (κ1) is 20.0. The summed E-state index contributed by atoms with van der Waals surface area (Å²) in [5, 5.41) is 6.75. The second kappa shape index (κ2) is 12.1. The van der Waals surface area contributed by atoms with Crippen molar-refractivity contribution in [3.8, 4) is 0 Å². The molecule has 2 rings (SSSR count). The highest BCUT2D eigenvalue weighted by Crippen LogP contribution is 2.06. The second-order valence-corrected chi connectivity index (χ2v) is 6.46. The van der Waals surface area contributed by atoms with Gasteiger partial charge in [0.25, 0.3) is 0 Å². The van der Waals surface area contributed by atoms with Crippen molar-refractivity contribution in [3.63, 3.8) is 0 Å². The summed E-state index contributed by atoms with van der Waals surface area (Å²) in [6.45, 7) is 7.78. The lowest BCUT2D eigenvalue weighted by Crippen LogP contribution is -2.38. The monoisotopic (exact) mass is 355 g/mol. The van der Waals surface area contributed by atoms with Gasteiger partial charge in [-0.25, -0.2) is 4.98 Å². The third-order valence-electron chi connectivity index (χ3n) is 4.26. The van der Waals surface area contributed by atoms with Gasteiger partial charge in [-0.1, -0.05) is 56.5 Å². The zero-order chi connectivity index (χ0) is 18.5. The highest BCUT2D eigenvalue weighted by molar-refractivity contribution is 5.79. The van der Waals surface area contributed by atoms with E-state index in [2.05, 4.69) is 69.5 Å². The number of hydrogen-bond donors (Lipinski definition) is 2. The van der Waals surface area contributed by atoms with Crippen molar-refractivity contribution in [1.29, 1.82) is 0 Å².